The predicted molar refractivity (Wildman–Crippen MR) is 84.1 cm³/mol. The lowest BCUT2D eigenvalue weighted by molar-refractivity contribution is -0.150. The molecule has 3 rings (SSSR count). The van der Waals surface area contributed by atoms with Crippen LogP contribution in [0.1, 0.15) is 24.5 Å². The Hall–Kier alpha value is -3.17. The van der Waals surface area contributed by atoms with Crippen LogP contribution in [0.5, 0.6) is 0 Å². The van der Waals surface area contributed by atoms with Gasteiger partial charge in [0.25, 0.3) is 5.56 Å². The highest BCUT2D eigenvalue weighted by atomic mass is 19.4. The van der Waals surface area contributed by atoms with E-state index in [4.69, 9.17) is 4.74 Å². The van der Waals surface area contributed by atoms with Crippen molar-refractivity contribution < 1.29 is 22.7 Å². The highest BCUT2D eigenvalue weighted by molar-refractivity contribution is 5.77. The number of hydrogen-bond donors (Lipinski definition) is 1. The number of para-hydroxylation sites is 1. The van der Waals surface area contributed by atoms with Gasteiger partial charge in [-0.25, -0.2) is 4.98 Å². The molecule has 1 N–H and O–H groups in total. The molecule has 0 fully saturated rings. The maximum atomic E-state index is 12.5. The molecule has 3 aromatic rings. The number of ether oxygens (including phenoxy) is 1. The van der Waals surface area contributed by atoms with Crippen molar-refractivity contribution in [1.29, 1.82) is 0 Å². The van der Waals surface area contributed by atoms with Gasteiger partial charge in [0.2, 0.25) is 0 Å². The van der Waals surface area contributed by atoms with Crippen molar-refractivity contribution in [1.82, 2.24) is 19.7 Å². The fourth-order valence-corrected chi connectivity index (χ4v) is 2.32. The lowest BCUT2D eigenvalue weighted by Gasteiger charge is -2.13. The third kappa shape index (κ3) is 3.73. The van der Waals surface area contributed by atoms with Crippen molar-refractivity contribution in [3.8, 4) is 0 Å². The first-order chi connectivity index (χ1) is 12.2. The molecule has 0 aliphatic carbocycles. The summed E-state index contributed by atoms with van der Waals surface area (Å²) in [4.78, 5) is 30.7. The van der Waals surface area contributed by atoms with Gasteiger partial charge in [-0.05, 0) is 25.1 Å². The summed E-state index contributed by atoms with van der Waals surface area (Å²) >= 11 is 0. The summed E-state index contributed by atoms with van der Waals surface area (Å²) in [5, 5.41) is 3.67. The van der Waals surface area contributed by atoms with Gasteiger partial charge in [-0.1, -0.05) is 12.1 Å². The molecule has 0 spiro atoms. The Kier molecular flexibility index (Phi) is 4.49. The number of aromatic nitrogens is 4. The molecule has 0 amide bonds. The summed E-state index contributed by atoms with van der Waals surface area (Å²) in [6.45, 7) is 0.993. The largest absolute Gasteiger partial charge is 0.453 e. The highest BCUT2D eigenvalue weighted by Gasteiger charge is 2.33. The average molecular weight is 366 g/mol. The van der Waals surface area contributed by atoms with Gasteiger partial charge in [0.1, 0.15) is 6.54 Å². The molecule has 10 heteroatoms. The van der Waals surface area contributed by atoms with Crippen molar-refractivity contribution in [2.75, 3.05) is 0 Å². The van der Waals surface area contributed by atoms with E-state index in [0.717, 1.165) is 16.9 Å². The number of nitrogens with one attached hydrogen (secondary N) is 1. The van der Waals surface area contributed by atoms with Crippen LogP contribution in [0.3, 0.4) is 0 Å². The average Bonchev–Trinajstić information content (AvgIpc) is 3.03. The molecule has 0 unspecified atom stereocenters. The van der Waals surface area contributed by atoms with E-state index < -0.39 is 30.5 Å². The third-order valence-corrected chi connectivity index (χ3v) is 3.55. The minimum Gasteiger partial charge on any atom is -0.453 e. The van der Waals surface area contributed by atoms with E-state index in [1.165, 1.54) is 6.92 Å². The van der Waals surface area contributed by atoms with Crippen molar-refractivity contribution >= 4 is 16.9 Å². The molecule has 1 aromatic carbocycles. The highest BCUT2D eigenvalue weighted by Crippen LogP contribution is 2.27. The lowest BCUT2D eigenvalue weighted by Crippen LogP contribution is -2.20. The minimum atomic E-state index is -4.59. The van der Waals surface area contributed by atoms with E-state index >= 15 is 0 Å². The molecule has 2 aromatic heterocycles. The fraction of sp³-hybridized carbons (Fsp3) is 0.250. The summed E-state index contributed by atoms with van der Waals surface area (Å²) in [6.07, 6.45) is -4.44. The zero-order valence-corrected chi connectivity index (χ0v) is 13.4. The van der Waals surface area contributed by atoms with E-state index in [9.17, 15) is 22.8 Å². The van der Waals surface area contributed by atoms with Gasteiger partial charge in [-0.3, -0.25) is 14.3 Å². The molecule has 0 aliphatic heterocycles. The molecule has 26 heavy (non-hydrogen) atoms. The number of H-pyrrole nitrogens is 1. The standard InChI is InChI=1S/C16H13F3N4O3/c1-9(14-20-11-5-3-2-4-10(11)15(25)21-14)26-13(24)8-23-7-6-12(22-23)16(17,18)19/h2-7,9H,8H2,1H3,(H,20,21,25)/t9-/m1/s1. The Bertz CT molecular complexity index is 1010. The zero-order valence-electron chi connectivity index (χ0n) is 13.4. The van der Waals surface area contributed by atoms with Crippen LogP contribution in [-0.2, 0) is 22.3 Å². The quantitative estimate of drug-likeness (QED) is 0.717. The maximum absolute atomic E-state index is 12.5. The van der Waals surface area contributed by atoms with Crippen molar-refractivity contribution in [2.24, 2.45) is 0 Å². The lowest BCUT2D eigenvalue weighted by atomic mass is 10.2. The molecule has 0 aliphatic rings. The van der Waals surface area contributed by atoms with Gasteiger partial charge >= 0.3 is 12.1 Å². The maximum Gasteiger partial charge on any atom is 0.435 e. The first-order valence-electron chi connectivity index (χ1n) is 7.53. The number of rotatable bonds is 4. The number of aromatic amines is 1. The van der Waals surface area contributed by atoms with Crippen LogP contribution >= 0.6 is 0 Å². The number of nitrogens with zero attached hydrogens (tertiary/aromatic N) is 3. The van der Waals surface area contributed by atoms with Crippen LogP contribution in [0.4, 0.5) is 13.2 Å². The van der Waals surface area contributed by atoms with E-state index in [1.54, 1.807) is 24.3 Å². The van der Waals surface area contributed by atoms with Crippen molar-refractivity contribution in [2.45, 2.75) is 25.7 Å². The Morgan fingerprint density at radius 2 is 2.04 bits per heavy atom. The fourth-order valence-electron chi connectivity index (χ4n) is 2.32. The number of carbonyl (C=O) groups excluding carboxylic acids is 1. The predicted octanol–water partition coefficient (Wildman–Crippen LogP) is 2.44. The molecule has 2 heterocycles. The second-order valence-electron chi connectivity index (χ2n) is 5.50. The van der Waals surface area contributed by atoms with Crippen LogP contribution in [0.15, 0.2) is 41.3 Å². The van der Waals surface area contributed by atoms with Crippen molar-refractivity contribution in [3.05, 3.63) is 58.4 Å². The van der Waals surface area contributed by atoms with Gasteiger partial charge in [-0.2, -0.15) is 18.3 Å². The summed E-state index contributed by atoms with van der Waals surface area (Å²) in [6, 6.07) is 7.43. The number of benzene rings is 1. The number of alkyl halides is 3. The molecular weight excluding hydrogens is 353 g/mol. The topological polar surface area (TPSA) is 89.9 Å². The van der Waals surface area contributed by atoms with Crippen LogP contribution in [0.2, 0.25) is 0 Å². The number of hydrogen-bond acceptors (Lipinski definition) is 5. The van der Waals surface area contributed by atoms with E-state index in [1.807, 2.05) is 0 Å². The molecule has 136 valence electrons. The molecule has 0 bridgehead atoms. The number of carbonyl (C=O) groups is 1. The van der Waals surface area contributed by atoms with Gasteiger partial charge < -0.3 is 9.72 Å². The molecule has 0 saturated heterocycles. The number of fused-ring (bicyclic) bond motifs is 1. The van der Waals surface area contributed by atoms with Gasteiger partial charge in [0.15, 0.2) is 17.6 Å². The first kappa shape index (κ1) is 17.6. The molecular formula is C16H13F3N4O3. The van der Waals surface area contributed by atoms with Crippen LogP contribution in [0, 0.1) is 0 Å². The van der Waals surface area contributed by atoms with E-state index in [-0.39, 0.29) is 11.4 Å². The Morgan fingerprint density at radius 3 is 2.73 bits per heavy atom. The van der Waals surface area contributed by atoms with Gasteiger partial charge in [0.05, 0.1) is 10.9 Å². The van der Waals surface area contributed by atoms with E-state index in [2.05, 4.69) is 15.1 Å². The van der Waals surface area contributed by atoms with Crippen molar-refractivity contribution in [3.63, 3.8) is 0 Å². The summed E-state index contributed by atoms with van der Waals surface area (Å²) in [5.41, 5.74) is -1.04. The second-order valence-corrected chi connectivity index (χ2v) is 5.50. The summed E-state index contributed by atoms with van der Waals surface area (Å²) in [7, 11) is 0. The Balaban J connectivity index is 1.71. The van der Waals surface area contributed by atoms with Crippen LogP contribution < -0.4 is 5.56 Å². The zero-order chi connectivity index (χ0) is 18.9. The van der Waals surface area contributed by atoms with Crippen LogP contribution in [0.25, 0.3) is 10.9 Å². The molecule has 0 saturated carbocycles. The SMILES string of the molecule is C[C@@H](OC(=O)Cn1ccc(C(F)(F)F)n1)c1nc2ccccc2c(=O)[nH]1. The van der Waals surface area contributed by atoms with E-state index in [0.29, 0.717) is 10.9 Å². The Labute approximate surface area is 144 Å². The molecule has 7 nitrogen and oxygen atoms in total. The first-order valence-corrected chi connectivity index (χ1v) is 7.53. The normalized spacial score (nSPS) is 12.9. The second kappa shape index (κ2) is 6.62. The summed E-state index contributed by atoms with van der Waals surface area (Å²) in [5.74, 6) is -0.677. The molecule has 0 radical (unpaired) electrons. The Morgan fingerprint density at radius 1 is 1.31 bits per heavy atom. The summed E-state index contributed by atoms with van der Waals surface area (Å²) < 4.78 is 43.5. The monoisotopic (exact) mass is 366 g/mol. The van der Waals surface area contributed by atoms with Gasteiger partial charge in [0, 0.05) is 6.20 Å². The van der Waals surface area contributed by atoms with Gasteiger partial charge in [-0.15, -0.1) is 0 Å². The molecule has 1 atom stereocenters. The third-order valence-electron chi connectivity index (χ3n) is 3.55. The smallest absolute Gasteiger partial charge is 0.435 e. The minimum absolute atomic E-state index is 0.137. The number of halogens is 3. The van der Waals surface area contributed by atoms with Crippen LogP contribution in [-0.4, -0.2) is 25.7 Å². The number of esters is 1.